The first kappa shape index (κ1) is 24.6. The van der Waals surface area contributed by atoms with Crippen molar-refractivity contribution in [1.29, 1.82) is 0 Å². The summed E-state index contributed by atoms with van der Waals surface area (Å²) in [5.74, 6) is -0.595. The third kappa shape index (κ3) is 5.60. The van der Waals surface area contributed by atoms with E-state index in [2.05, 4.69) is 20.3 Å². The highest BCUT2D eigenvalue weighted by Gasteiger charge is 2.31. The first-order valence-electron chi connectivity index (χ1n) is 11.0. The number of hydrogen-bond acceptors (Lipinski definition) is 6. The maximum absolute atomic E-state index is 13.4. The molecule has 0 fully saturated rings. The number of carbonyl (C=O) groups is 1. The number of H-pyrrole nitrogens is 1. The molecular formula is C26H21F3N4O3. The zero-order valence-corrected chi connectivity index (χ0v) is 19.1. The average molecular weight is 494 g/mol. The second-order valence-electron chi connectivity index (χ2n) is 7.70. The third-order valence-electron chi connectivity index (χ3n) is 5.24. The molecule has 4 rings (SSSR count). The predicted octanol–water partition coefficient (Wildman–Crippen LogP) is 5.31. The van der Waals surface area contributed by atoms with Crippen molar-refractivity contribution in [3.05, 3.63) is 100.0 Å². The fourth-order valence-electron chi connectivity index (χ4n) is 3.54. The molecule has 0 aliphatic heterocycles. The molecule has 0 bridgehead atoms. The average Bonchev–Trinajstić information content (AvgIpc) is 2.88. The minimum absolute atomic E-state index is 0.0457. The van der Waals surface area contributed by atoms with Crippen LogP contribution >= 0.6 is 0 Å². The Labute approximate surface area is 204 Å². The van der Waals surface area contributed by atoms with Gasteiger partial charge in [0.2, 0.25) is 5.95 Å². The zero-order valence-electron chi connectivity index (χ0n) is 19.1. The third-order valence-corrected chi connectivity index (χ3v) is 5.24. The van der Waals surface area contributed by atoms with Gasteiger partial charge in [-0.25, -0.2) is 14.8 Å². The highest BCUT2D eigenvalue weighted by molar-refractivity contribution is 5.92. The molecule has 36 heavy (non-hydrogen) atoms. The summed E-state index contributed by atoms with van der Waals surface area (Å²) in [6.45, 7) is 2.08. The van der Waals surface area contributed by atoms with Gasteiger partial charge in [0.15, 0.2) is 0 Å². The molecule has 0 saturated carbocycles. The van der Waals surface area contributed by atoms with Gasteiger partial charge in [-0.3, -0.25) is 4.79 Å². The molecular weight excluding hydrogens is 473 g/mol. The first-order chi connectivity index (χ1) is 17.3. The normalized spacial score (nSPS) is 11.2. The van der Waals surface area contributed by atoms with Crippen LogP contribution < -0.4 is 10.9 Å². The van der Waals surface area contributed by atoms with E-state index in [1.54, 1.807) is 6.92 Å². The lowest BCUT2D eigenvalue weighted by atomic mass is 9.99. The van der Waals surface area contributed by atoms with Gasteiger partial charge in [-0.2, -0.15) is 13.2 Å². The fourth-order valence-corrected chi connectivity index (χ4v) is 3.54. The van der Waals surface area contributed by atoms with Crippen LogP contribution in [0.15, 0.2) is 77.7 Å². The fraction of sp³-hybridized carbons (Fsp3) is 0.154. The van der Waals surface area contributed by atoms with Gasteiger partial charge in [0.05, 0.1) is 23.6 Å². The van der Waals surface area contributed by atoms with Crippen LogP contribution in [0, 0.1) is 0 Å². The number of rotatable bonds is 7. The van der Waals surface area contributed by atoms with Crippen molar-refractivity contribution in [2.45, 2.75) is 19.6 Å². The lowest BCUT2D eigenvalue weighted by Gasteiger charge is -2.14. The van der Waals surface area contributed by atoms with Gasteiger partial charge < -0.3 is 15.0 Å². The standard InChI is InChI=1S/C26H21F3N4O3/c1-2-36-24(35)20-14-19(21-11-12-30-25(32-21)31-15-16-7-4-3-5-8-16)22(33-23(20)34)17-9-6-10-18(13-17)26(27,28)29/h3-14H,2,15H2,1H3,(H,33,34)(H,30,31,32). The van der Waals surface area contributed by atoms with Crippen molar-refractivity contribution in [1.82, 2.24) is 15.0 Å². The van der Waals surface area contributed by atoms with Crippen LogP contribution in [0.4, 0.5) is 19.1 Å². The summed E-state index contributed by atoms with van der Waals surface area (Å²) in [7, 11) is 0. The lowest BCUT2D eigenvalue weighted by molar-refractivity contribution is -0.137. The number of nitrogens with zero attached hydrogens (tertiary/aromatic N) is 2. The second kappa shape index (κ2) is 10.4. The Bertz CT molecular complexity index is 1440. The maximum Gasteiger partial charge on any atom is 0.416 e. The van der Waals surface area contributed by atoms with Gasteiger partial charge in [-0.1, -0.05) is 42.5 Å². The largest absolute Gasteiger partial charge is 0.462 e. The summed E-state index contributed by atoms with van der Waals surface area (Å²) in [6.07, 6.45) is -3.11. The van der Waals surface area contributed by atoms with Gasteiger partial charge in [-0.15, -0.1) is 0 Å². The van der Waals surface area contributed by atoms with E-state index in [4.69, 9.17) is 4.74 Å². The predicted molar refractivity (Wildman–Crippen MR) is 128 cm³/mol. The van der Waals surface area contributed by atoms with E-state index in [0.29, 0.717) is 6.54 Å². The number of nitrogens with one attached hydrogen (secondary N) is 2. The summed E-state index contributed by atoms with van der Waals surface area (Å²) in [4.78, 5) is 36.3. The number of esters is 1. The Morgan fingerprint density at radius 3 is 2.56 bits per heavy atom. The molecule has 2 heterocycles. The summed E-state index contributed by atoms with van der Waals surface area (Å²) < 4.78 is 45.0. The van der Waals surface area contributed by atoms with E-state index in [9.17, 15) is 22.8 Å². The number of aromatic nitrogens is 3. The van der Waals surface area contributed by atoms with Crippen LogP contribution in [0.1, 0.15) is 28.4 Å². The molecule has 0 atom stereocenters. The number of benzene rings is 2. The number of halogens is 3. The van der Waals surface area contributed by atoms with Crippen LogP contribution in [0.3, 0.4) is 0 Å². The van der Waals surface area contributed by atoms with E-state index in [1.165, 1.54) is 30.5 Å². The summed E-state index contributed by atoms with van der Waals surface area (Å²) >= 11 is 0. The van der Waals surface area contributed by atoms with Crippen LogP contribution in [0.2, 0.25) is 0 Å². The Morgan fingerprint density at radius 2 is 1.83 bits per heavy atom. The Balaban J connectivity index is 1.81. The molecule has 2 aromatic heterocycles. The van der Waals surface area contributed by atoms with Crippen molar-refractivity contribution in [3.8, 4) is 22.5 Å². The molecule has 2 aromatic carbocycles. The van der Waals surface area contributed by atoms with Crippen LogP contribution in [-0.4, -0.2) is 27.5 Å². The van der Waals surface area contributed by atoms with E-state index in [1.807, 2.05) is 30.3 Å². The quantitative estimate of drug-likeness (QED) is 0.338. The molecule has 0 amide bonds. The maximum atomic E-state index is 13.4. The molecule has 7 nitrogen and oxygen atoms in total. The molecule has 0 aliphatic carbocycles. The van der Waals surface area contributed by atoms with Gasteiger partial charge in [0.1, 0.15) is 5.56 Å². The molecule has 0 spiro atoms. The van der Waals surface area contributed by atoms with Crippen molar-refractivity contribution in [2.24, 2.45) is 0 Å². The van der Waals surface area contributed by atoms with E-state index < -0.39 is 23.3 Å². The highest BCUT2D eigenvalue weighted by Crippen LogP contribution is 2.34. The van der Waals surface area contributed by atoms with Crippen LogP contribution in [0.25, 0.3) is 22.5 Å². The van der Waals surface area contributed by atoms with Crippen molar-refractivity contribution in [2.75, 3.05) is 11.9 Å². The van der Waals surface area contributed by atoms with Gasteiger partial charge in [0.25, 0.3) is 5.56 Å². The Kier molecular flexibility index (Phi) is 7.14. The number of aromatic amines is 1. The SMILES string of the molecule is CCOC(=O)c1cc(-c2ccnc(NCc3ccccc3)n2)c(-c2cccc(C(F)(F)F)c2)[nH]c1=O. The minimum atomic E-state index is -4.58. The summed E-state index contributed by atoms with van der Waals surface area (Å²) in [6, 6.07) is 16.9. The smallest absolute Gasteiger partial charge is 0.416 e. The van der Waals surface area contributed by atoms with Gasteiger partial charge in [0, 0.05) is 18.3 Å². The minimum Gasteiger partial charge on any atom is -0.462 e. The van der Waals surface area contributed by atoms with E-state index >= 15 is 0 Å². The summed E-state index contributed by atoms with van der Waals surface area (Å²) in [5, 5.41) is 3.09. The molecule has 0 unspecified atom stereocenters. The zero-order chi connectivity index (χ0) is 25.7. The molecule has 0 radical (unpaired) electrons. The van der Waals surface area contributed by atoms with Crippen molar-refractivity contribution < 1.29 is 22.7 Å². The van der Waals surface area contributed by atoms with Gasteiger partial charge in [-0.05, 0) is 42.3 Å². The van der Waals surface area contributed by atoms with E-state index in [-0.39, 0.29) is 40.6 Å². The highest BCUT2D eigenvalue weighted by atomic mass is 19.4. The number of hydrogen-bond donors (Lipinski definition) is 2. The van der Waals surface area contributed by atoms with E-state index in [0.717, 1.165) is 17.7 Å². The van der Waals surface area contributed by atoms with Crippen LogP contribution in [0.5, 0.6) is 0 Å². The molecule has 10 heteroatoms. The number of ether oxygens (including phenoxy) is 1. The summed E-state index contributed by atoms with van der Waals surface area (Å²) in [5.41, 5.74) is -0.270. The van der Waals surface area contributed by atoms with Crippen molar-refractivity contribution in [3.63, 3.8) is 0 Å². The lowest BCUT2D eigenvalue weighted by Crippen LogP contribution is -2.21. The monoisotopic (exact) mass is 494 g/mol. The molecule has 0 aliphatic rings. The van der Waals surface area contributed by atoms with Crippen LogP contribution in [-0.2, 0) is 17.5 Å². The van der Waals surface area contributed by atoms with Crippen molar-refractivity contribution >= 4 is 11.9 Å². The molecule has 0 saturated heterocycles. The van der Waals surface area contributed by atoms with Gasteiger partial charge >= 0.3 is 12.1 Å². The molecule has 184 valence electrons. The first-order valence-corrected chi connectivity index (χ1v) is 11.0. The number of alkyl halides is 3. The Hall–Kier alpha value is -4.47. The Morgan fingerprint density at radius 1 is 1.06 bits per heavy atom. The number of pyridine rings is 1. The number of anilines is 1. The molecule has 2 N–H and O–H groups in total. The second-order valence-corrected chi connectivity index (χ2v) is 7.70. The number of carbonyl (C=O) groups excluding carboxylic acids is 1. The molecule has 4 aromatic rings. The topological polar surface area (TPSA) is 97.0 Å².